The first-order chi connectivity index (χ1) is 13.8. The highest BCUT2D eigenvalue weighted by Crippen LogP contribution is 2.35. The van der Waals surface area contributed by atoms with E-state index in [1.807, 2.05) is 12.1 Å². The highest BCUT2D eigenvalue weighted by atomic mass is 35.5. The number of nitrogens with one attached hydrogen (secondary N) is 1. The molecule has 1 amide bonds. The van der Waals surface area contributed by atoms with Gasteiger partial charge in [-0.3, -0.25) is 14.5 Å². The summed E-state index contributed by atoms with van der Waals surface area (Å²) in [5.74, 6) is 0.468. The number of aryl methyl sites for hydroxylation is 1. The number of fused-ring (bicyclic) bond motifs is 2. The van der Waals surface area contributed by atoms with Crippen LogP contribution in [0.2, 0.25) is 5.02 Å². The monoisotopic (exact) mass is 415 g/mol. The SMILES string of the molecule is CC(C)c1ccc(NC(=O)CN2C3CC2CN(c2cnn(C)c(=O)c2Cl)C3)cc1. The first-order valence-electron chi connectivity index (χ1n) is 9.95. The van der Waals surface area contributed by atoms with Gasteiger partial charge in [0.25, 0.3) is 5.56 Å². The highest BCUT2D eigenvalue weighted by Gasteiger charge is 2.45. The van der Waals surface area contributed by atoms with E-state index in [4.69, 9.17) is 11.6 Å². The molecule has 29 heavy (non-hydrogen) atoms. The predicted molar refractivity (Wildman–Crippen MR) is 115 cm³/mol. The van der Waals surface area contributed by atoms with Gasteiger partial charge in [0.05, 0.1) is 18.4 Å². The number of halogens is 1. The van der Waals surface area contributed by atoms with Crippen LogP contribution in [0.25, 0.3) is 0 Å². The van der Waals surface area contributed by atoms with E-state index in [2.05, 4.69) is 46.2 Å². The van der Waals surface area contributed by atoms with Gasteiger partial charge in [-0.25, -0.2) is 4.68 Å². The van der Waals surface area contributed by atoms with Crippen LogP contribution in [0.4, 0.5) is 11.4 Å². The first-order valence-corrected chi connectivity index (χ1v) is 10.3. The van der Waals surface area contributed by atoms with Crippen molar-refractivity contribution in [2.45, 2.75) is 38.3 Å². The lowest BCUT2D eigenvalue weighted by atomic mass is 9.87. The van der Waals surface area contributed by atoms with E-state index in [1.165, 1.54) is 10.2 Å². The van der Waals surface area contributed by atoms with E-state index in [-0.39, 0.29) is 28.6 Å². The third-order valence-electron chi connectivity index (χ3n) is 5.93. The third-order valence-corrected chi connectivity index (χ3v) is 6.29. The second-order valence-electron chi connectivity index (χ2n) is 8.22. The Labute approximate surface area is 175 Å². The average molecular weight is 416 g/mol. The summed E-state index contributed by atoms with van der Waals surface area (Å²) in [5.41, 5.74) is 2.47. The van der Waals surface area contributed by atoms with Crippen molar-refractivity contribution in [1.29, 1.82) is 0 Å². The van der Waals surface area contributed by atoms with Crippen LogP contribution in [0, 0.1) is 0 Å². The molecule has 1 N–H and O–H groups in total. The van der Waals surface area contributed by atoms with Gasteiger partial charge in [0.1, 0.15) is 5.02 Å². The first kappa shape index (κ1) is 19.9. The Balaban J connectivity index is 1.35. The standard InChI is InChI=1S/C21H26ClN5O2/c1-13(2)14-4-6-15(7-5-14)24-19(28)12-27-16-8-17(27)11-26(10-16)18-9-23-25(3)21(29)20(18)22/h4-7,9,13,16-17H,8,10-12H2,1-3H3,(H,24,28). The molecule has 1 aromatic carbocycles. The zero-order valence-electron chi connectivity index (χ0n) is 16.9. The largest absolute Gasteiger partial charge is 0.366 e. The fraction of sp³-hybridized carbons (Fsp3) is 0.476. The van der Waals surface area contributed by atoms with Gasteiger partial charge in [0.15, 0.2) is 0 Å². The molecule has 0 saturated carbocycles. The van der Waals surface area contributed by atoms with Gasteiger partial charge in [-0.05, 0) is 30.0 Å². The van der Waals surface area contributed by atoms with Gasteiger partial charge >= 0.3 is 0 Å². The van der Waals surface area contributed by atoms with Crippen LogP contribution in [0.1, 0.15) is 31.7 Å². The van der Waals surface area contributed by atoms with E-state index < -0.39 is 0 Å². The number of hydrogen-bond acceptors (Lipinski definition) is 5. The number of aromatic nitrogens is 2. The van der Waals surface area contributed by atoms with E-state index in [0.29, 0.717) is 18.2 Å². The molecule has 5 rings (SSSR count). The van der Waals surface area contributed by atoms with E-state index >= 15 is 0 Å². The van der Waals surface area contributed by atoms with Crippen LogP contribution in [0.3, 0.4) is 0 Å². The number of nitrogens with zero attached hydrogens (tertiary/aromatic N) is 4. The van der Waals surface area contributed by atoms with Crippen molar-refractivity contribution in [3.8, 4) is 0 Å². The minimum Gasteiger partial charge on any atom is -0.366 e. The molecule has 3 saturated heterocycles. The molecule has 154 valence electrons. The lowest BCUT2D eigenvalue weighted by molar-refractivity contribution is -0.121. The molecule has 3 aliphatic heterocycles. The third kappa shape index (κ3) is 3.89. The Morgan fingerprint density at radius 1 is 1.24 bits per heavy atom. The quantitative estimate of drug-likeness (QED) is 0.812. The Morgan fingerprint density at radius 2 is 1.90 bits per heavy atom. The maximum Gasteiger partial charge on any atom is 0.287 e. The van der Waals surface area contributed by atoms with Crippen molar-refractivity contribution >= 4 is 28.9 Å². The number of carbonyl (C=O) groups excluding carboxylic acids is 1. The lowest BCUT2D eigenvalue weighted by Gasteiger charge is -2.56. The molecule has 1 aromatic heterocycles. The zero-order valence-corrected chi connectivity index (χ0v) is 17.7. The summed E-state index contributed by atoms with van der Waals surface area (Å²) >= 11 is 6.24. The molecule has 0 spiro atoms. The van der Waals surface area contributed by atoms with Crippen molar-refractivity contribution in [1.82, 2.24) is 14.7 Å². The fourth-order valence-corrected chi connectivity index (χ4v) is 4.47. The molecule has 3 aliphatic rings. The predicted octanol–water partition coefficient (Wildman–Crippen LogP) is 2.46. The smallest absolute Gasteiger partial charge is 0.287 e. The molecule has 2 unspecified atom stereocenters. The van der Waals surface area contributed by atoms with Gasteiger partial charge in [-0.2, -0.15) is 5.10 Å². The average Bonchev–Trinajstić information content (AvgIpc) is 2.71. The Kier molecular flexibility index (Phi) is 5.36. The molecule has 0 radical (unpaired) electrons. The number of anilines is 2. The molecular weight excluding hydrogens is 390 g/mol. The van der Waals surface area contributed by atoms with E-state index in [9.17, 15) is 9.59 Å². The number of amides is 1. The summed E-state index contributed by atoms with van der Waals surface area (Å²) in [6.07, 6.45) is 2.70. The molecule has 4 heterocycles. The topological polar surface area (TPSA) is 70.5 Å². The van der Waals surface area contributed by atoms with E-state index in [0.717, 1.165) is 25.2 Å². The Hall–Kier alpha value is -2.38. The molecule has 0 aliphatic carbocycles. The summed E-state index contributed by atoms with van der Waals surface area (Å²) in [4.78, 5) is 28.9. The molecule has 2 atom stereocenters. The summed E-state index contributed by atoms with van der Waals surface area (Å²) in [5, 5.41) is 7.29. The van der Waals surface area contributed by atoms with Crippen molar-refractivity contribution < 1.29 is 4.79 Å². The van der Waals surface area contributed by atoms with Crippen LogP contribution < -0.4 is 15.8 Å². The number of benzene rings is 1. The van der Waals surface area contributed by atoms with Crippen LogP contribution >= 0.6 is 11.6 Å². The molecule has 3 fully saturated rings. The zero-order chi connectivity index (χ0) is 20.7. The minimum absolute atomic E-state index is 0.00118. The normalized spacial score (nSPS) is 21.2. The van der Waals surface area contributed by atoms with Crippen LogP contribution in [0.5, 0.6) is 0 Å². The van der Waals surface area contributed by atoms with Crippen molar-refractivity contribution in [3.05, 3.63) is 51.4 Å². The lowest BCUT2D eigenvalue weighted by Crippen LogP contribution is -2.69. The second kappa shape index (κ2) is 7.80. The van der Waals surface area contributed by atoms with Gasteiger partial charge in [-0.15, -0.1) is 0 Å². The maximum absolute atomic E-state index is 12.5. The molecule has 7 nitrogen and oxygen atoms in total. The summed E-state index contributed by atoms with van der Waals surface area (Å²) in [7, 11) is 1.59. The molecular formula is C21H26ClN5O2. The Bertz CT molecular complexity index is 960. The van der Waals surface area contributed by atoms with Crippen molar-refractivity contribution in [2.24, 2.45) is 7.05 Å². The second-order valence-corrected chi connectivity index (χ2v) is 8.60. The minimum atomic E-state index is -0.289. The number of rotatable bonds is 5. The van der Waals surface area contributed by atoms with Gasteiger partial charge < -0.3 is 10.2 Å². The molecule has 8 heteroatoms. The highest BCUT2D eigenvalue weighted by molar-refractivity contribution is 6.33. The van der Waals surface area contributed by atoms with Crippen molar-refractivity contribution in [2.75, 3.05) is 29.9 Å². The number of piperazine rings is 1. The van der Waals surface area contributed by atoms with Crippen LogP contribution in [0.15, 0.2) is 35.3 Å². The number of piperidine rings is 1. The van der Waals surface area contributed by atoms with Gasteiger partial charge in [0.2, 0.25) is 5.91 Å². The maximum atomic E-state index is 12.5. The summed E-state index contributed by atoms with van der Waals surface area (Å²) in [6, 6.07) is 8.58. The van der Waals surface area contributed by atoms with Gasteiger partial charge in [0, 0.05) is 37.9 Å². The van der Waals surface area contributed by atoms with Crippen LogP contribution in [-0.2, 0) is 11.8 Å². The number of carbonyl (C=O) groups is 1. The van der Waals surface area contributed by atoms with Crippen molar-refractivity contribution in [3.63, 3.8) is 0 Å². The number of hydrogen-bond donors (Lipinski definition) is 1. The molecule has 2 aromatic rings. The van der Waals surface area contributed by atoms with Gasteiger partial charge in [-0.1, -0.05) is 37.6 Å². The van der Waals surface area contributed by atoms with E-state index in [1.54, 1.807) is 13.2 Å². The Morgan fingerprint density at radius 3 is 2.52 bits per heavy atom. The molecule has 2 bridgehead atoms. The summed E-state index contributed by atoms with van der Waals surface area (Å²) in [6.45, 7) is 6.15. The fourth-order valence-electron chi connectivity index (χ4n) is 4.18. The summed E-state index contributed by atoms with van der Waals surface area (Å²) < 4.78 is 1.24. The van der Waals surface area contributed by atoms with Crippen LogP contribution in [-0.4, -0.2) is 52.3 Å².